The van der Waals surface area contributed by atoms with Crippen LogP contribution in [0.4, 0.5) is 0 Å². The van der Waals surface area contributed by atoms with Crippen molar-refractivity contribution >= 4 is 10.2 Å². The fraction of sp³-hybridized carbons (Fsp3) is 1.00. The molecule has 1 unspecified atom stereocenters. The van der Waals surface area contributed by atoms with Crippen LogP contribution in [0.25, 0.3) is 0 Å². The van der Waals surface area contributed by atoms with Crippen LogP contribution in [0, 0.1) is 0 Å². The summed E-state index contributed by atoms with van der Waals surface area (Å²) in [6.07, 6.45) is 1.15. The van der Waals surface area contributed by atoms with Crippen LogP contribution in [0.1, 0.15) is 13.3 Å². The molecule has 0 spiro atoms. The summed E-state index contributed by atoms with van der Waals surface area (Å²) in [6.45, 7) is 2.11. The van der Waals surface area contributed by atoms with Gasteiger partial charge in [0.05, 0.1) is 0 Å². The van der Waals surface area contributed by atoms with Gasteiger partial charge in [-0.05, 0) is 33.2 Å². The molecule has 0 aromatic heterocycles. The van der Waals surface area contributed by atoms with Gasteiger partial charge >= 0.3 is 0 Å². The van der Waals surface area contributed by atoms with E-state index in [0.717, 1.165) is 16.7 Å². The van der Waals surface area contributed by atoms with Crippen LogP contribution in [0.15, 0.2) is 0 Å². The van der Waals surface area contributed by atoms with Gasteiger partial charge < -0.3 is 10.6 Å². The van der Waals surface area contributed by atoms with Crippen molar-refractivity contribution < 1.29 is 0 Å². The molecule has 0 bridgehead atoms. The quantitative estimate of drug-likeness (QED) is 0.495. The van der Waals surface area contributed by atoms with Gasteiger partial charge in [0.15, 0.2) is 0 Å². The van der Waals surface area contributed by atoms with E-state index < -0.39 is 0 Å². The van der Waals surface area contributed by atoms with Crippen LogP contribution in [0.3, 0.4) is 0 Å². The molecule has 0 amide bonds. The molecule has 9 heavy (non-hydrogen) atoms. The van der Waals surface area contributed by atoms with Crippen molar-refractivity contribution in [3.63, 3.8) is 0 Å². The Bertz CT molecular complexity index is 43.6. The predicted molar refractivity (Wildman–Crippen MR) is 47.8 cm³/mol. The Hall–Kier alpha value is 0.137. The lowest BCUT2D eigenvalue weighted by Gasteiger charge is -1.91. The van der Waals surface area contributed by atoms with Crippen molar-refractivity contribution in [2.75, 3.05) is 21.1 Å². The van der Waals surface area contributed by atoms with E-state index >= 15 is 0 Å². The Morgan fingerprint density at radius 1 is 1.44 bits per heavy atom. The maximum atomic E-state index is 5.35. The summed E-state index contributed by atoms with van der Waals surface area (Å²) in [7, 11) is 7.15. The van der Waals surface area contributed by atoms with Crippen molar-refractivity contribution in [1.82, 2.24) is 4.90 Å². The maximum absolute atomic E-state index is 5.35. The highest BCUT2D eigenvalue weighted by atomic mass is 28.1. The molecule has 0 heterocycles. The molecule has 0 saturated heterocycles. The van der Waals surface area contributed by atoms with Crippen LogP contribution in [-0.4, -0.2) is 42.0 Å². The van der Waals surface area contributed by atoms with Gasteiger partial charge in [-0.15, -0.1) is 0 Å². The monoisotopic (exact) mass is 148 g/mol. The SMILES string of the molecule is CCC(N)[SiH3].CN(C)C. The summed E-state index contributed by atoms with van der Waals surface area (Å²) in [5.74, 6) is 0. The van der Waals surface area contributed by atoms with Gasteiger partial charge in [0.25, 0.3) is 0 Å². The largest absolute Gasteiger partial charge is 0.331 e. The number of nitrogens with two attached hydrogens (primary N) is 1. The first-order valence-corrected chi connectivity index (χ1v) is 4.52. The Balaban J connectivity index is 0. The van der Waals surface area contributed by atoms with Gasteiger partial charge in [-0.3, -0.25) is 0 Å². The minimum absolute atomic E-state index is 0.523. The lowest BCUT2D eigenvalue weighted by atomic mass is 10.5. The molecule has 0 aliphatic rings. The van der Waals surface area contributed by atoms with E-state index in [1.165, 1.54) is 0 Å². The summed E-state index contributed by atoms with van der Waals surface area (Å²) in [4.78, 5) is 2.00. The molecule has 3 heteroatoms. The summed E-state index contributed by atoms with van der Waals surface area (Å²) in [5, 5.41) is 0. The summed E-state index contributed by atoms with van der Waals surface area (Å²) < 4.78 is 0. The fourth-order valence-corrected chi connectivity index (χ4v) is 0. The third-order valence-corrected chi connectivity index (χ3v) is 1.46. The van der Waals surface area contributed by atoms with Crippen LogP contribution < -0.4 is 5.73 Å². The van der Waals surface area contributed by atoms with E-state index in [0.29, 0.717) is 5.67 Å². The van der Waals surface area contributed by atoms with Gasteiger partial charge in [0.1, 0.15) is 0 Å². The molecule has 0 aromatic rings. The molecule has 0 radical (unpaired) electrons. The third-order valence-electron chi connectivity index (χ3n) is 0.644. The second-order valence-electron chi connectivity index (χ2n) is 2.73. The second kappa shape index (κ2) is 8.14. The van der Waals surface area contributed by atoms with Crippen molar-refractivity contribution in [3.8, 4) is 0 Å². The third kappa shape index (κ3) is 67.1. The minimum atomic E-state index is 0.523. The van der Waals surface area contributed by atoms with Gasteiger partial charge in [0, 0.05) is 10.2 Å². The van der Waals surface area contributed by atoms with Crippen LogP contribution in [0.2, 0.25) is 0 Å². The van der Waals surface area contributed by atoms with Crippen LogP contribution >= 0.6 is 0 Å². The van der Waals surface area contributed by atoms with E-state index in [4.69, 9.17) is 5.73 Å². The average Bonchev–Trinajstić information content (AvgIpc) is 1.65. The molecule has 1 atom stereocenters. The molecule has 0 rings (SSSR count). The number of hydrogen-bond donors (Lipinski definition) is 1. The van der Waals surface area contributed by atoms with E-state index in [1.54, 1.807) is 0 Å². The molecule has 2 nitrogen and oxygen atoms in total. The topological polar surface area (TPSA) is 29.3 Å². The van der Waals surface area contributed by atoms with E-state index in [2.05, 4.69) is 6.92 Å². The van der Waals surface area contributed by atoms with Gasteiger partial charge in [-0.25, -0.2) is 0 Å². The Morgan fingerprint density at radius 3 is 1.56 bits per heavy atom. The van der Waals surface area contributed by atoms with Crippen molar-refractivity contribution in [1.29, 1.82) is 0 Å². The summed E-state index contributed by atoms with van der Waals surface area (Å²) in [5.41, 5.74) is 5.88. The highest BCUT2D eigenvalue weighted by Crippen LogP contribution is 1.71. The van der Waals surface area contributed by atoms with Gasteiger partial charge in [-0.2, -0.15) is 0 Å². The number of rotatable bonds is 1. The first-order valence-electron chi connectivity index (χ1n) is 3.37. The zero-order chi connectivity index (χ0) is 7.86. The molecule has 0 fully saturated rings. The molecular weight excluding hydrogens is 128 g/mol. The first kappa shape index (κ1) is 11.9. The van der Waals surface area contributed by atoms with Crippen molar-refractivity contribution in [3.05, 3.63) is 0 Å². The van der Waals surface area contributed by atoms with Crippen LogP contribution in [-0.2, 0) is 0 Å². The summed E-state index contributed by atoms with van der Waals surface area (Å²) in [6, 6.07) is 0. The zero-order valence-corrected chi connectivity index (χ0v) is 9.31. The maximum Gasteiger partial charge on any atom is 0.0238 e. The standard InChI is InChI=1S/C3H11NSi.C3H9N/c1-2-3(4)5;1-4(2)3/h3H,2,4H2,1,5H3;1-3H3. The van der Waals surface area contributed by atoms with E-state index in [-0.39, 0.29) is 0 Å². The van der Waals surface area contributed by atoms with Crippen molar-refractivity contribution in [2.24, 2.45) is 5.73 Å². The lowest BCUT2D eigenvalue weighted by molar-refractivity contribution is 0.505. The minimum Gasteiger partial charge on any atom is -0.331 e. The Labute approximate surface area is 61.8 Å². The fourth-order valence-electron chi connectivity index (χ4n) is 0. The van der Waals surface area contributed by atoms with Gasteiger partial charge in [0.2, 0.25) is 0 Å². The first-order chi connectivity index (χ1) is 4.00. The molecule has 0 aromatic carbocycles. The number of nitrogens with zero attached hydrogens (tertiary/aromatic N) is 1. The smallest absolute Gasteiger partial charge is 0.0238 e. The van der Waals surface area contributed by atoms with Gasteiger partial charge in [-0.1, -0.05) is 6.92 Å². The normalized spacial score (nSPS) is 12.7. The lowest BCUT2D eigenvalue weighted by Crippen LogP contribution is -2.17. The van der Waals surface area contributed by atoms with E-state index in [1.807, 2.05) is 26.0 Å². The van der Waals surface area contributed by atoms with Crippen LogP contribution in [0.5, 0.6) is 0 Å². The molecule has 2 N–H and O–H groups in total. The summed E-state index contributed by atoms with van der Waals surface area (Å²) >= 11 is 0. The second-order valence-corrected chi connectivity index (χ2v) is 4.21. The molecule has 58 valence electrons. The van der Waals surface area contributed by atoms with E-state index in [9.17, 15) is 0 Å². The predicted octanol–water partition coefficient (Wildman–Crippen LogP) is -0.776. The average molecular weight is 148 g/mol. The highest BCUT2D eigenvalue weighted by molar-refractivity contribution is 6.11. The Kier molecular flexibility index (Phi) is 10.7. The number of hydrogen-bond acceptors (Lipinski definition) is 2. The van der Waals surface area contributed by atoms with Crippen molar-refractivity contribution in [2.45, 2.75) is 19.0 Å². The Morgan fingerprint density at radius 2 is 1.56 bits per heavy atom. The zero-order valence-electron chi connectivity index (χ0n) is 7.31. The molecular formula is C6H20N2Si. The molecule has 0 saturated carbocycles. The molecule has 0 aliphatic carbocycles. The molecule has 0 aliphatic heterocycles. The highest BCUT2D eigenvalue weighted by Gasteiger charge is 1.79.